The molecule has 0 radical (unpaired) electrons. The zero-order chi connectivity index (χ0) is 9.68. The van der Waals surface area contributed by atoms with Crippen molar-refractivity contribution in [1.82, 2.24) is 0 Å². The van der Waals surface area contributed by atoms with Crippen molar-refractivity contribution in [2.45, 2.75) is 0 Å². The molecule has 0 aliphatic rings. The number of oxime groups is 1. The van der Waals surface area contributed by atoms with Gasteiger partial charge in [-0.3, -0.25) is 0 Å². The summed E-state index contributed by atoms with van der Waals surface area (Å²) in [6.07, 6.45) is 1.23. The summed E-state index contributed by atoms with van der Waals surface area (Å²) in [5.41, 5.74) is 0. The van der Waals surface area contributed by atoms with Crippen molar-refractivity contribution in [3.63, 3.8) is 0 Å². The maximum absolute atomic E-state index is 9.97. The average Bonchev–Trinajstić information content (AvgIpc) is 2.45. The fourth-order valence-corrected chi connectivity index (χ4v) is 0.731. The lowest BCUT2D eigenvalue weighted by Crippen LogP contribution is -2.03. The Labute approximate surface area is 78.5 Å². The fraction of sp³-hybridized carbons (Fsp3) is 0.143. The number of furan rings is 1. The fourth-order valence-electron chi connectivity index (χ4n) is 0.579. The van der Waals surface area contributed by atoms with E-state index >= 15 is 0 Å². The molecule has 70 valence electrons. The van der Waals surface area contributed by atoms with Crippen LogP contribution >= 0.6 is 11.6 Å². The van der Waals surface area contributed by atoms with E-state index < -0.39 is 12.6 Å². The van der Waals surface area contributed by atoms with Crippen LogP contribution in [0.4, 0.5) is 0 Å². The minimum atomic E-state index is -1.09. The maximum Gasteiger partial charge on any atom is 0.344 e. The normalized spacial score (nSPS) is 10.5. The van der Waals surface area contributed by atoms with Crippen LogP contribution in [-0.4, -0.2) is 23.9 Å². The second-order valence-electron chi connectivity index (χ2n) is 2.04. The lowest BCUT2D eigenvalue weighted by Gasteiger charge is -1.90. The van der Waals surface area contributed by atoms with E-state index in [4.69, 9.17) is 21.1 Å². The Morgan fingerprint density at radius 1 is 1.77 bits per heavy atom. The van der Waals surface area contributed by atoms with Gasteiger partial charge in [-0.1, -0.05) is 5.16 Å². The third-order valence-electron chi connectivity index (χ3n) is 1.04. The van der Waals surface area contributed by atoms with Crippen molar-refractivity contribution in [2.24, 2.45) is 5.16 Å². The van der Waals surface area contributed by atoms with Gasteiger partial charge >= 0.3 is 5.97 Å². The standard InChI is InChI=1S/C7H6ClNO4/c8-6-2-1-5(13-6)3-9-12-4-7(10)11/h1-3H,4H2,(H,10,11). The molecule has 0 unspecified atom stereocenters. The predicted molar refractivity (Wildman–Crippen MR) is 44.9 cm³/mol. The summed E-state index contributed by atoms with van der Waals surface area (Å²) in [4.78, 5) is 14.3. The molecule has 1 heterocycles. The second kappa shape index (κ2) is 4.51. The highest BCUT2D eigenvalue weighted by atomic mass is 35.5. The number of halogens is 1. The summed E-state index contributed by atoms with van der Waals surface area (Å²) < 4.78 is 4.88. The molecule has 13 heavy (non-hydrogen) atoms. The first-order chi connectivity index (χ1) is 6.18. The molecule has 0 saturated carbocycles. The van der Waals surface area contributed by atoms with Crippen molar-refractivity contribution in [3.05, 3.63) is 23.1 Å². The van der Waals surface area contributed by atoms with Gasteiger partial charge in [-0.2, -0.15) is 0 Å². The van der Waals surface area contributed by atoms with E-state index in [0.717, 1.165) is 0 Å². The lowest BCUT2D eigenvalue weighted by molar-refractivity contribution is -0.142. The van der Waals surface area contributed by atoms with Gasteiger partial charge in [0.2, 0.25) is 6.61 Å². The molecular weight excluding hydrogens is 198 g/mol. The number of carboxylic acid groups (broad SMARTS) is 1. The molecule has 0 fully saturated rings. The molecule has 1 aromatic heterocycles. The monoisotopic (exact) mass is 203 g/mol. The smallest absolute Gasteiger partial charge is 0.344 e. The maximum atomic E-state index is 9.97. The van der Waals surface area contributed by atoms with E-state index in [2.05, 4.69) is 9.99 Å². The number of nitrogens with zero attached hydrogens (tertiary/aromatic N) is 1. The van der Waals surface area contributed by atoms with Crippen LogP contribution in [0, 0.1) is 0 Å². The summed E-state index contributed by atoms with van der Waals surface area (Å²) in [6.45, 7) is -0.481. The topological polar surface area (TPSA) is 72.0 Å². The van der Waals surface area contributed by atoms with Gasteiger partial charge in [0.15, 0.2) is 11.0 Å². The van der Waals surface area contributed by atoms with Gasteiger partial charge in [0.05, 0.1) is 0 Å². The Balaban J connectivity index is 2.36. The van der Waals surface area contributed by atoms with E-state index in [1.54, 1.807) is 12.1 Å². The number of carboxylic acids is 1. The predicted octanol–water partition coefficient (Wildman–Crippen LogP) is 1.37. The van der Waals surface area contributed by atoms with Crippen molar-refractivity contribution in [1.29, 1.82) is 0 Å². The Morgan fingerprint density at radius 2 is 2.54 bits per heavy atom. The molecule has 0 spiro atoms. The van der Waals surface area contributed by atoms with Crippen LogP contribution in [0.25, 0.3) is 0 Å². The Bertz CT molecular complexity index is 320. The summed E-state index contributed by atoms with van der Waals surface area (Å²) in [5.74, 6) is -0.690. The first kappa shape index (κ1) is 9.60. The molecule has 5 nitrogen and oxygen atoms in total. The molecule has 0 amide bonds. The van der Waals surface area contributed by atoms with Crippen LogP contribution in [0.15, 0.2) is 21.7 Å². The van der Waals surface area contributed by atoms with Gasteiger partial charge < -0.3 is 14.4 Å². The summed E-state index contributed by atoms with van der Waals surface area (Å²) in [5, 5.41) is 11.7. The Morgan fingerprint density at radius 3 is 3.08 bits per heavy atom. The minimum absolute atomic E-state index is 0.236. The molecular formula is C7H6ClNO4. The number of hydrogen-bond acceptors (Lipinski definition) is 4. The van der Waals surface area contributed by atoms with Crippen molar-refractivity contribution in [2.75, 3.05) is 6.61 Å². The van der Waals surface area contributed by atoms with Gasteiger partial charge in [-0.05, 0) is 23.7 Å². The Hall–Kier alpha value is -1.49. The molecule has 1 N–H and O–H groups in total. The number of aliphatic carboxylic acids is 1. The summed E-state index contributed by atoms with van der Waals surface area (Å²) in [6, 6.07) is 3.12. The molecule has 1 rings (SSSR count). The third kappa shape index (κ3) is 3.62. The average molecular weight is 204 g/mol. The SMILES string of the molecule is O=C(O)CON=Cc1ccc(Cl)o1. The second-order valence-corrected chi connectivity index (χ2v) is 2.42. The number of rotatable bonds is 4. The van der Waals surface area contributed by atoms with Crippen LogP contribution in [0.2, 0.25) is 5.22 Å². The summed E-state index contributed by atoms with van der Waals surface area (Å²) in [7, 11) is 0. The highest BCUT2D eigenvalue weighted by Gasteiger charge is 1.96. The van der Waals surface area contributed by atoms with Crippen molar-refractivity contribution < 1.29 is 19.2 Å². The largest absolute Gasteiger partial charge is 0.479 e. The van der Waals surface area contributed by atoms with Gasteiger partial charge in [0.25, 0.3) is 0 Å². The zero-order valence-electron chi connectivity index (χ0n) is 6.44. The highest BCUT2D eigenvalue weighted by Crippen LogP contribution is 2.10. The van der Waals surface area contributed by atoms with E-state index in [0.29, 0.717) is 5.76 Å². The summed E-state index contributed by atoms with van der Waals surface area (Å²) >= 11 is 5.46. The molecule has 0 saturated heterocycles. The van der Waals surface area contributed by atoms with E-state index in [-0.39, 0.29) is 5.22 Å². The van der Waals surface area contributed by atoms with Crippen molar-refractivity contribution in [3.8, 4) is 0 Å². The van der Waals surface area contributed by atoms with Gasteiger partial charge in [0.1, 0.15) is 6.21 Å². The van der Waals surface area contributed by atoms with Crippen LogP contribution in [0.5, 0.6) is 0 Å². The van der Waals surface area contributed by atoms with Crippen molar-refractivity contribution >= 4 is 23.8 Å². The molecule has 0 bridgehead atoms. The van der Waals surface area contributed by atoms with Crippen LogP contribution in [-0.2, 0) is 9.63 Å². The lowest BCUT2D eigenvalue weighted by atomic mass is 10.5. The Kier molecular flexibility index (Phi) is 3.33. The first-order valence-corrected chi connectivity index (χ1v) is 3.69. The molecule has 0 atom stereocenters. The van der Waals surface area contributed by atoms with Crippen LogP contribution in [0.3, 0.4) is 0 Å². The van der Waals surface area contributed by atoms with E-state index in [1.807, 2.05) is 0 Å². The minimum Gasteiger partial charge on any atom is -0.479 e. The van der Waals surface area contributed by atoms with Gasteiger partial charge in [-0.25, -0.2) is 4.79 Å². The third-order valence-corrected chi connectivity index (χ3v) is 1.24. The van der Waals surface area contributed by atoms with Crippen LogP contribution in [0.1, 0.15) is 5.76 Å². The first-order valence-electron chi connectivity index (χ1n) is 3.31. The molecule has 6 heteroatoms. The van der Waals surface area contributed by atoms with E-state index in [9.17, 15) is 4.79 Å². The van der Waals surface area contributed by atoms with Crippen LogP contribution < -0.4 is 0 Å². The van der Waals surface area contributed by atoms with Gasteiger partial charge in [0, 0.05) is 0 Å². The molecule has 0 aromatic carbocycles. The molecule has 0 aliphatic heterocycles. The van der Waals surface area contributed by atoms with Gasteiger partial charge in [-0.15, -0.1) is 0 Å². The molecule has 1 aromatic rings. The number of hydrogen-bond donors (Lipinski definition) is 1. The number of carbonyl (C=O) groups is 1. The quantitative estimate of drug-likeness (QED) is 0.593. The molecule has 0 aliphatic carbocycles. The zero-order valence-corrected chi connectivity index (χ0v) is 7.19. The van der Waals surface area contributed by atoms with E-state index in [1.165, 1.54) is 6.21 Å². The highest BCUT2D eigenvalue weighted by molar-refractivity contribution is 6.28.